The van der Waals surface area contributed by atoms with Crippen LogP contribution in [0.5, 0.6) is 0 Å². The van der Waals surface area contributed by atoms with Gasteiger partial charge in [0.15, 0.2) is 0 Å². The van der Waals surface area contributed by atoms with Gasteiger partial charge in [0.25, 0.3) is 0 Å². The zero-order chi connectivity index (χ0) is 56.1. The highest BCUT2D eigenvalue weighted by Gasteiger charge is 2.33. The molecule has 0 aromatic carbocycles. The topological polar surface area (TPSA) is 299 Å². The van der Waals surface area contributed by atoms with Crippen LogP contribution in [-0.4, -0.2) is 171 Å². The SMILES string of the molecule is CNCCCCC(NC(=O)OC(C)(C)C)C(=O)NC(CCCCNC)C(=O)NC(CCCCNC)C(=O)NC(CCCCNC)C(=O)NC(CCCCNC)C(=O)NCCCCCC(=O)NCCCCCC(=O)OC. The number of ether oxygens (including phenoxy) is 2. The van der Waals surface area contributed by atoms with Crippen LogP contribution in [0.4, 0.5) is 4.79 Å². The van der Waals surface area contributed by atoms with Crippen molar-refractivity contribution in [1.82, 2.24) is 63.8 Å². The number of unbranched alkanes of at least 4 members (excludes halogenated alkanes) is 9. The summed E-state index contributed by atoms with van der Waals surface area (Å²) < 4.78 is 10.1. The molecular weight excluding hydrogens is 965 g/mol. The Balaban J connectivity index is 6.27. The normalized spacial score (nSPS) is 13.3. The molecule has 0 bridgehead atoms. The van der Waals surface area contributed by atoms with Crippen LogP contribution in [0.2, 0.25) is 0 Å². The average molecular weight is 1070 g/mol. The van der Waals surface area contributed by atoms with Crippen molar-refractivity contribution in [3.8, 4) is 0 Å². The van der Waals surface area contributed by atoms with Crippen LogP contribution >= 0.6 is 0 Å². The Bertz CT molecular complexity index is 1590. The first-order chi connectivity index (χ1) is 36.0. The maximum Gasteiger partial charge on any atom is 0.408 e. The van der Waals surface area contributed by atoms with Crippen LogP contribution in [0.15, 0.2) is 0 Å². The molecular formula is C53H104N12O10. The van der Waals surface area contributed by atoms with E-state index in [0.29, 0.717) is 123 Å². The van der Waals surface area contributed by atoms with Crippen LogP contribution in [0.25, 0.3) is 0 Å². The number of methoxy groups -OCH3 is 1. The smallest absolute Gasteiger partial charge is 0.408 e. The van der Waals surface area contributed by atoms with Gasteiger partial charge < -0.3 is 73.3 Å². The number of rotatable bonds is 47. The van der Waals surface area contributed by atoms with Gasteiger partial charge in [-0.1, -0.05) is 12.8 Å². The Labute approximate surface area is 450 Å². The van der Waals surface area contributed by atoms with Crippen molar-refractivity contribution < 1.29 is 47.8 Å². The van der Waals surface area contributed by atoms with Gasteiger partial charge in [-0.25, -0.2) is 4.79 Å². The number of esters is 1. The first kappa shape index (κ1) is 70.4. The van der Waals surface area contributed by atoms with Crippen LogP contribution in [0, 0.1) is 0 Å². The lowest BCUT2D eigenvalue weighted by Crippen LogP contribution is -2.59. The molecule has 5 atom stereocenters. The van der Waals surface area contributed by atoms with E-state index in [-0.39, 0.29) is 37.0 Å². The third-order valence-electron chi connectivity index (χ3n) is 12.4. The molecule has 0 saturated heterocycles. The minimum absolute atomic E-state index is 0.0404. The minimum Gasteiger partial charge on any atom is -0.469 e. The summed E-state index contributed by atoms with van der Waals surface area (Å²) in [7, 11) is 10.5. The predicted molar refractivity (Wildman–Crippen MR) is 295 cm³/mol. The zero-order valence-electron chi connectivity index (χ0n) is 47.7. The second kappa shape index (κ2) is 45.5. The number of amides is 7. The fourth-order valence-electron chi connectivity index (χ4n) is 8.05. The first-order valence-electron chi connectivity index (χ1n) is 28.0. The summed E-state index contributed by atoms with van der Waals surface area (Å²) in [5, 5.41) is 35.8. The van der Waals surface area contributed by atoms with Crippen molar-refractivity contribution in [2.24, 2.45) is 0 Å². The van der Waals surface area contributed by atoms with E-state index >= 15 is 0 Å². The molecule has 0 aromatic heterocycles. The standard InChI is InChI=1S/C53H104N12O10/c1-53(2,3)75-52(73)65-44(30-18-25-37-58-8)51(72)64-43(29-17-24-36-57-7)50(71)63-42(28-16-23-35-56-6)49(70)62-41(27-15-22-34-55-5)48(69)61-40(26-14-21-33-54-4)47(68)60-39-20-10-12-31-45(66)59-38-19-11-13-32-46(67)74-9/h40-44,54-58H,10-39H2,1-9H3,(H,59,66)(H,60,68)(H,61,69)(H,62,70)(H,63,71)(H,64,72)(H,65,73). The quantitative estimate of drug-likeness (QED) is 0.0308. The molecule has 75 heavy (non-hydrogen) atoms. The Morgan fingerprint density at radius 1 is 0.360 bits per heavy atom. The number of hydrogen-bond donors (Lipinski definition) is 12. The Hall–Kier alpha value is -4.64. The molecule has 0 aromatic rings. The summed E-state index contributed by atoms with van der Waals surface area (Å²) in [5.74, 6) is -2.79. The van der Waals surface area contributed by atoms with E-state index in [0.717, 1.165) is 51.6 Å². The van der Waals surface area contributed by atoms with Gasteiger partial charge in [0.1, 0.15) is 35.8 Å². The molecule has 0 aliphatic carbocycles. The monoisotopic (exact) mass is 1070 g/mol. The fraction of sp³-hybridized carbons (Fsp3) is 0.849. The number of alkyl carbamates (subject to hydrolysis) is 1. The number of hydrogen-bond acceptors (Lipinski definition) is 15. The molecule has 436 valence electrons. The van der Waals surface area contributed by atoms with E-state index in [2.05, 4.69) is 68.5 Å². The van der Waals surface area contributed by atoms with Gasteiger partial charge in [-0.15, -0.1) is 0 Å². The van der Waals surface area contributed by atoms with E-state index in [9.17, 15) is 38.4 Å². The molecule has 0 heterocycles. The molecule has 7 amide bonds. The summed E-state index contributed by atoms with van der Waals surface area (Å²) in [4.78, 5) is 107. The number of carbonyl (C=O) groups excluding carboxylic acids is 8. The Kier molecular flexibility index (Phi) is 42.7. The highest BCUT2D eigenvalue weighted by Crippen LogP contribution is 2.13. The molecule has 22 heteroatoms. The van der Waals surface area contributed by atoms with Crippen molar-refractivity contribution in [2.45, 2.75) is 204 Å². The maximum atomic E-state index is 14.4. The van der Waals surface area contributed by atoms with Gasteiger partial charge >= 0.3 is 12.1 Å². The van der Waals surface area contributed by atoms with Crippen molar-refractivity contribution in [2.75, 3.05) is 88.2 Å². The molecule has 0 radical (unpaired) electrons. The Morgan fingerprint density at radius 3 is 1.00 bits per heavy atom. The van der Waals surface area contributed by atoms with Gasteiger partial charge in [-0.3, -0.25) is 33.6 Å². The summed E-state index contributed by atoms with van der Waals surface area (Å²) in [6.07, 6.45) is 12.4. The molecule has 0 saturated carbocycles. The van der Waals surface area contributed by atoms with Crippen LogP contribution in [-0.2, 0) is 43.0 Å². The van der Waals surface area contributed by atoms with Crippen molar-refractivity contribution in [3.63, 3.8) is 0 Å². The van der Waals surface area contributed by atoms with Crippen molar-refractivity contribution >= 4 is 47.5 Å². The highest BCUT2D eigenvalue weighted by atomic mass is 16.6. The lowest BCUT2D eigenvalue weighted by atomic mass is 10.0. The van der Waals surface area contributed by atoms with Crippen molar-refractivity contribution in [3.05, 3.63) is 0 Å². The third kappa shape index (κ3) is 38.5. The summed E-state index contributed by atoms with van der Waals surface area (Å²) >= 11 is 0. The lowest BCUT2D eigenvalue weighted by Gasteiger charge is -2.28. The second-order valence-electron chi connectivity index (χ2n) is 20.3. The van der Waals surface area contributed by atoms with Crippen LogP contribution < -0.4 is 63.8 Å². The van der Waals surface area contributed by atoms with Crippen LogP contribution in [0.1, 0.15) is 168 Å². The predicted octanol–water partition coefficient (Wildman–Crippen LogP) is 2.29. The van der Waals surface area contributed by atoms with Crippen LogP contribution in [0.3, 0.4) is 0 Å². The zero-order valence-corrected chi connectivity index (χ0v) is 47.7. The fourth-order valence-corrected chi connectivity index (χ4v) is 8.05. The molecule has 12 N–H and O–H groups in total. The van der Waals surface area contributed by atoms with E-state index in [1.807, 2.05) is 35.2 Å². The average Bonchev–Trinajstić information content (AvgIpc) is 3.37. The summed E-state index contributed by atoms with van der Waals surface area (Å²) in [6, 6.07) is -4.99. The lowest BCUT2D eigenvalue weighted by molar-refractivity contribution is -0.140. The Morgan fingerprint density at radius 2 is 0.667 bits per heavy atom. The number of nitrogens with one attached hydrogen (secondary N) is 12. The number of carbonyl (C=O) groups is 8. The van der Waals surface area contributed by atoms with E-state index < -0.39 is 65.5 Å². The van der Waals surface area contributed by atoms with E-state index in [4.69, 9.17) is 4.74 Å². The summed E-state index contributed by atoms with van der Waals surface area (Å²) in [5.41, 5.74) is -0.799. The highest BCUT2D eigenvalue weighted by molar-refractivity contribution is 5.96. The molecule has 0 rings (SSSR count). The molecule has 0 spiro atoms. The molecule has 5 unspecified atom stereocenters. The maximum absolute atomic E-state index is 14.4. The van der Waals surface area contributed by atoms with Crippen molar-refractivity contribution in [1.29, 1.82) is 0 Å². The van der Waals surface area contributed by atoms with Gasteiger partial charge in [0, 0.05) is 25.9 Å². The first-order valence-corrected chi connectivity index (χ1v) is 28.0. The molecule has 22 nitrogen and oxygen atoms in total. The van der Waals surface area contributed by atoms with Gasteiger partial charge in [0.05, 0.1) is 7.11 Å². The summed E-state index contributed by atoms with van der Waals surface area (Å²) in [6.45, 7) is 9.61. The molecule has 0 aliphatic heterocycles. The second-order valence-corrected chi connectivity index (χ2v) is 20.3. The largest absolute Gasteiger partial charge is 0.469 e. The molecule has 0 aliphatic rings. The minimum atomic E-state index is -1.06. The van der Waals surface area contributed by atoms with Gasteiger partial charge in [-0.05, 0) is 211 Å². The molecule has 0 fully saturated rings. The van der Waals surface area contributed by atoms with E-state index in [1.165, 1.54) is 7.11 Å². The van der Waals surface area contributed by atoms with Gasteiger partial charge in [0.2, 0.25) is 35.4 Å². The van der Waals surface area contributed by atoms with E-state index in [1.54, 1.807) is 20.8 Å². The van der Waals surface area contributed by atoms with Gasteiger partial charge in [-0.2, -0.15) is 0 Å². The third-order valence-corrected chi connectivity index (χ3v) is 12.4.